The Labute approximate surface area is 413 Å². The van der Waals surface area contributed by atoms with Crippen molar-refractivity contribution in [2.45, 2.75) is 0 Å². The second-order valence-electron chi connectivity index (χ2n) is 17.8. The maximum Gasteiger partial charge on any atom is 0.180 e. The summed E-state index contributed by atoms with van der Waals surface area (Å²) in [7, 11) is 54.5. The number of rotatable bonds is 5. The number of fused-ring (bicyclic) bond motifs is 12. The molecule has 0 atom stereocenters. The van der Waals surface area contributed by atoms with Gasteiger partial charge in [0.1, 0.15) is 79.6 Å². The molecule has 0 fully saturated rings. The Kier molecular flexibility index (Phi) is 9.59. The van der Waals surface area contributed by atoms with Crippen LogP contribution in [-0.4, -0.2) is 77.3 Å². The van der Waals surface area contributed by atoms with Crippen LogP contribution in [-0.2, 0) is 0 Å². The molecule has 0 saturated heterocycles. The number of aromatic nitrogens is 3. The molecule has 0 N–H and O–H groups in total. The minimum absolute atomic E-state index is 0.120. The normalized spacial score (nSPS) is 11.9. The lowest BCUT2D eigenvalue weighted by atomic mass is 9.63. The van der Waals surface area contributed by atoms with Gasteiger partial charge in [0, 0.05) is 33.1 Å². The average molecular weight is 868 g/mol. The summed E-state index contributed by atoms with van der Waals surface area (Å²) in [4.78, 5) is 10.4. The topological polar surface area (TPSA) is 43.9 Å². The Morgan fingerprint density at radius 2 is 0.814 bits per heavy atom. The van der Waals surface area contributed by atoms with Crippen LogP contribution in [0.5, 0.6) is 0 Å². The Hall–Kier alpha value is -7.82. The first-order valence-corrected chi connectivity index (χ1v) is 22.7. The van der Waals surface area contributed by atoms with Crippen molar-refractivity contribution >= 4 is 183 Å². The van der Waals surface area contributed by atoms with Gasteiger partial charge >= 0.3 is 0 Å². The van der Waals surface area contributed by atoms with Crippen LogP contribution in [0, 0.1) is 0 Å². The molecule has 0 bridgehead atoms. The maximum absolute atomic E-state index is 7.07. The maximum atomic E-state index is 7.07. The van der Waals surface area contributed by atoms with Crippen molar-refractivity contribution in [2.75, 3.05) is 0 Å². The van der Waals surface area contributed by atoms with Gasteiger partial charge in [-0.15, -0.1) is 21.9 Å². The first-order valence-electron chi connectivity index (χ1n) is 22.7. The highest BCUT2D eigenvalue weighted by Crippen LogP contribution is 2.44. The third kappa shape index (κ3) is 6.15. The fraction of sp³-hybridized carbons (Fsp3) is 0. The summed E-state index contributed by atoms with van der Waals surface area (Å²) in [5, 5.41) is 8.03. The number of benzene rings is 10. The monoisotopic (exact) mass is 869 g/mol. The number of hydrogen-bond donors (Lipinski definition) is 0. The zero-order valence-electron chi connectivity index (χ0n) is 37.5. The lowest BCUT2D eigenvalue weighted by molar-refractivity contribution is 0.667. The van der Waals surface area contributed by atoms with E-state index in [1.165, 1.54) is 0 Å². The van der Waals surface area contributed by atoms with Crippen molar-refractivity contribution in [3.63, 3.8) is 0 Å². The Bertz CT molecular complexity index is 4300. The first kappa shape index (κ1) is 42.3. The summed E-state index contributed by atoms with van der Waals surface area (Å²) in [6.07, 6.45) is 0. The van der Waals surface area contributed by atoms with E-state index in [2.05, 4.69) is 97.1 Å². The van der Waals surface area contributed by atoms with Crippen molar-refractivity contribution in [3.8, 4) is 50.6 Å². The van der Waals surface area contributed by atoms with Gasteiger partial charge < -0.3 is 8.98 Å². The SMILES string of the molecule is [B]c1c([B])c([B])c2c(c1[B])c1c([B])c([B])c([B])c([B])c1n2-c1cc2c3ccccc3c3ccccc3c2cc1-c1ccc2oc3c(-c4ccc(-c5ccccc5)cc4)nc(-c4ccccc4)nc3c2c1. The van der Waals surface area contributed by atoms with Crippen molar-refractivity contribution in [1.82, 2.24) is 14.5 Å². The van der Waals surface area contributed by atoms with Crippen LogP contribution < -0.4 is 43.7 Å². The summed E-state index contributed by atoms with van der Waals surface area (Å²) in [6, 6.07) is 55.9. The summed E-state index contributed by atoms with van der Waals surface area (Å²) in [5.74, 6) is 0.563. The second-order valence-corrected chi connectivity index (χ2v) is 17.8. The molecule has 0 aliphatic heterocycles. The number of nitrogens with zero attached hydrogens (tertiary/aromatic N) is 3. The van der Waals surface area contributed by atoms with Gasteiger partial charge in [0.05, 0.1) is 5.69 Å². The predicted molar refractivity (Wildman–Crippen MR) is 301 cm³/mol. The van der Waals surface area contributed by atoms with E-state index in [4.69, 9.17) is 77.2 Å². The lowest BCUT2D eigenvalue weighted by Gasteiger charge is -2.22. The molecule has 0 spiro atoms. The Balaban J connectivity index is 1.16. The van der Waals surface area contributed by atoms with Crippen LogP contribution in [0.4, 0.5) is 0 Å². The molecule has 0 aliphatic rings. The van der Waals surface area contributed by atoms with E-state index in [0.29, 0.717) is 55.7 Å². The predicted octanol–water partition coefficient (Wildman–Crippen LogP) is 5.95. The second kappa shape index (κ2) is 15.9. The van der Waals surface area contributed by atoms with E-state index in [0.717, 1.165) is 71.1 Å². The van der Waals surface area contributed by atoms with Crippen molar-refractivity contribution in [1.29, 1.82) is 0 Å². The van der Waals surface area contributed by atoms with E-state index in [9.17, 15) is 0 Å². The molecule has 304 valence electrons. The van der Waals surface area contributed by atoms with Crippen LogP contribution >= 0.6 is 0 Å². The summed E-state index contributed by atoms with van der Waals surface area (Å²) < 4.78 is 8.75. The molecule has 13 rings (SSSR count). The first-order chi connectivity index (χ1) is 34.1. The standard InChI is InChI=1S/C58H27B8N3O/c59-45-43-44-46(60)48(62)50(64)52(66)56(44)69(55(43)51(65)49(63)47(45)61)41-27-39-36-18-10-8-16-34(36)33-15-7-9-17-35(33)38(39)26-37(41)32-23-24-42-40(25-32)54-57(70-42)53(67-58(68-54)31-13-5-2-6-14-31)30-21-19-29(20-22-30)28-11-3-1-4-12-28/h1-27H. The molecular formula is C58H27B8N3O. The molecule has 0 amide bonds. The van der Waals surface area contributed by atoms with Gasteiger partial charge in [-0.3, -0.25) is 0 Å². The van der Waals surface area contributed by atoms with Crippen molar-refractivity contribution in [2.24, 2.45) is 0 Å². The highest BCUT2D eigenvalue weighted by Gasteiger charge is 2.26. The highest BCUT2D eigenvalue weighted by molar-refractivity contribution is 6.71. The summed E-state index contributed by atoms with van der Waals surface area (Å²) >= 11 is 0. The van der Waals surface area contributed by atoms with Gasteiger partial charge in [-0.05, 0) is 84.0 Å². The molecule has 0 aliphatic carbocycles. The molecule has 0 saturated carbocycles. The van der Waals surface area contributed by atoms with Gasteiger partial charge in [-0.25, -0.2) is 9.97 Å². The summed E-state index contributed by atoms with van der Waals surface area (Å²) in [5.41, 5.74) is 10.9. The van der Waals surface area contributed by atoms with Crippen molar-refractivity contribution < 1.29 is 4.42 Å². The van der Waals surface area contributed by atoms with Gasteiger partial charge in [-0.2, -0.15) is 0 Å². The third-order valence-corrected chi connectivity index (χ3v) is 14.0. The van der Waals surface area contributed by atoms with Crippen LogP contribution in [0.15, 0.2) is 168 Å². The van der Waals surface area contributed by atoms with Gasteiger partial charge in [-0.1, -0.05) is 161 Å². The lowest BCUT2D eigenvalue weighted by Crippen LogP contribution is -2.49. The average Bonchev–Trinajstić information content (AvgIpc) is 3.97. The van der Waals surface area contributed by atoms with E-state index in [1.54, 1.807) is 0 Å². The van der Waals surface area contributed by atoms with Gasteiger partial charge in [0.25, 0.3) is 0 Å². The van der Waals surface area contributed by atoms with Crippen LogP contribution in [0.1, 0.15) is 0 Å². The van der Waals surface area contributed by atoms with E-state index >= 15 is 0 Å². The quantitative estimate of drug-likeness (QED) is 0.159. The zero-order chi connectivity index (χ0) is 47.7. The smallest absolute Gasteiger partial charge is 0.180 e. The number of furan rings is 1. The fourth-order valence-electron chi connectivity index (χ4n) is 10.5. The van der Waals surface area contributed by atoms with Crippen LogP contribution in [0.2, 0.25) is 0 Å². The van der Waals surface area contributed by atoms with Gasteiger partial charge in [0.15, 0.2) is 11.4 Å². The molecule has 3 aromatic heterocycles. The molecular weight excluding hydrogens is 841 g/mol. The molecule has 16 radical (unpaired) electrons. The van der Waals surface area contributed by atoms with E-state index in [-0.39, 0.29) is 43.7 Å². The molecule has 10 aromatic carbocycles. The largest absolute Gasteiger partial charge is 0.452 e. The summed E-state index contributed by atoms with van der Waals surface area (Å²) in [6.45, 7) is 0. The van der Waals surface area contributed by atoms with E-state index in [1.807, 2.05) is 71.3 Å². The third-order valence-electron chi connectivity index (χ3n) is 14.0. The molecule has 12 heteroatoms. The molecule has 13 aromatic rings. The Morgan fingerprint density at radius 3 is 1.39 bits per heavy atom. The highest BCUT2D eigenvalue weighted by atomic mass is 16.3. The minimum atomic E-state index is 0.120. The fourth-order valence-corrected chi connectivity index (χ4v) is 10.5. The van der Waals surface area contributed by atoms with E-state index < -0.39 is 0 Å². The number of hydrogen-bond acceptors (Lipinski definition) is 3. The molecule has 3 heterocycles. The van der Waals surface area contributed by atoms with Crippen LogP contribution in [0.3, 0.4) is 0 Å². The molecule has 0 unspecified atom stereocenters. The molecule has 4 nitrogen and oxygen atoms in total. The van der Waals surface area contributed by atoms with Crippen LogP contribution in [0.25, 0.3) is 127 Å². The van der Waals surface area contributed by atoms with Gasteiger partial charge in [0.2, 0.25) is 0 Å². The zero-order valence-corrected chi connectivity index (χ0v) is 37.5. The Morgan fingerprint density at radius 1 is 0.357 bits per heavy atom. The molecule has 70 heavy (non-hydrogen) atoms. The minimum Gasteiger partial charge on any atom is -0.452 e. The van der Waals surface area contributed by atoms with Crippen molar-refractivity contribution in [3.05, 3.63) is 164 Å².